The van der Waals surface area contributed by atoms with Gasteiger partial charge in [-0.25, -0.2) is 0 Å². The number of fused-ring (bicyclic) bond motifs is 1. The van der Waals surface area contributed by atoms with E-state index in [0.29, 0.717) is 11.8 Å². The van der Waals surface area contributed by atoms with Gasteiger partial charge in [-0.15, -0.1) is 0 Å². The van der Waals surface area contributed by atoms with E-state index < -0.39 is 6.29 Å². The van der Waals surface area contributed by atoms with Crippen molar-refractivity contribution in [2.75, 3.05) is 6.61 Å². The van der Waals surface area contributed by atoms with E-state index in [2.05, 4.69) is 19.1 Å². The van der Waals surface area contributed by atoms with Crippen molar-refractivity contribution in [3.05, 3.63) is 12.2 Å². The molecule has 0 aromatic rings. The minimum Gasteiger partial charge on any atom is -0.368 e. The maximum atomic E-state index is 9.70. The Labute approximate surface area is 146 Å². The minimum atomic E-state index is -0.552. The fourth-order valence-electron chi connectivity index (χ4n) is 4.37. The molecule has 0 spiro atoms. The SMILES string of the molecule is CCCCCC(C=CC1CCC2OC(O)CC12)OC1CCCCO1. The lowest BCUT2D eigenvalue weighted by molar-refractivity contribution is -0.179. The Morgan fingerprint density at radius 2 is 2.12 bits per heavy atom. The first kappa shape index (κ1) is 18.4. The molecule has 0 amide bonds. The molecular formula is C20H34O4. The van der Waals surface area contributed by atoms with Gasteiger partial charge in [-0.2, -0.15) is 0 Å². The first-order chi connectivity index (χ1) is 11.8. The Hall–Kier alpha value is -0.420. The van der Waals surface area contributed by atoms with E-state index in [-0.39, 0.29) is 18.5 Å². The molecule has 6 atom stereocenters. The summed E-state index contributed by atoms with van der Waals surface area (Å²) in [5, 5.41) is 9.70. The normalized spacial score (nSPS) is 37.8. The van der Waals surface area contributed by atoms with Crippen LogP contribution in [0.25, 0.3) is 0 Å². The molecular weight excluding hydrogens is 304 g/mol. The van der Waals surface area contributed by atoms with E-state index >= 15 is 0 Å². The van der Waals surface area contributed by atoms with Crippen LogP contribution in [0.1, 0.15) is 71.1 Å². The van der Waals surface area contributed by atoms with Crippen molar-refractivity contribution in [2.45, 2.75) is 95.9 Å². The van der Waals surface area contributed by atoms with Gasteiger partial charge in [0.05, 0.1) is 12.2 Å². The number of unbranched alkanes of at least 4 members (excludes halogenated alkanes) is 2. The molecule has 0 radical (unpaired) electrons. The van der Waals surface area contributed by atoms with E-state index in [1.165, 1.54) is 32.1 Å². The lowest BCUT2D eigenvalue weighted by atomic mass is 9.92. The molecule has 1 N–H and O–H groups in total. The van der Waals surface area contributed by atoms with E-state index in [0.717, 1.165) is 38.7 Å². The van der Waals surface area contributed by atoms with Crippen molar-refractivity contribution in [2.24, 2.45) is 11.8 Å². The standard InChI is InChI=1S/C20H34O4/c1-2-3-4-7-16(23-20-8-5-6-13-22-20)11-9-15-10-12-18-17(15)14-19(21)24-18/h9,11,15-21H,2-8,10,12-14H2,1H3. The number of ether oxygens (including phenoxy) is 3. The Morgan fingerprint density at radius 1 is 1.21 bits per heavy atom. The molecule has 24 heavy (non-hydrogen) atoms. The van der Waals surface area contributed by atoms with Crippen LogP contribution in [-0.4, -0.2) is 36.5 Å². The van der Waals surface area contributed by atoms with Gasteiger partial charge >= 0.3 is 0 Å². The van der Waals surface area contributed by atoms with E-state index in [1.807, 2.05) is 0 Å². The van der Waals surface area contributed by atoms with Crippen molar-refractivity contribution < 1.29 is 19.3 Å². The summed E-state index contributed by atoms with van der Waals surface area (Å²) in [5.41, 5.74) is 0. The fourth-order valence-corrected chi connectivity index (χ4v) is 4.37. The molecule has 6 unspecified atom stereocenters. The first-order valence-electron chi connectivity index (χ1n) is 10.0. The molecule has 1 aliphatic carbocycles. The Kier molecular flexibility index (Phi) is 7.14. The highest BCUT2D eigenvalue weighted by Crippen LogP contribution is 2.43. The Morgan fingerprint density at radius 3 is 2.92 bits per heavy atom. The molecule has 3 aliphatic rings. The largest absolute Gasteiger partial charge is 0.368 e. The molecule has 1 saturated carbocycles. The van der Waals surface area contributed by atoms with Crippen molar-refractivity contribution in [3.63, 3.8) is 0 Å². The second-order valence-electron chi connectivity index (χ2n) is 7.62. The smallest absolute Gasteiger partial charge is 0.158 e. The van der Waals surface area contributed by atoms with Gasteiger partial charge in [0.1, 0.15) is 0 Å². The van der Waals surface area contributed by atoms with Gasteiger partial charge in [-0.05, 0) is 50.4 Å². The molecule has 3 fully saturated rings. The second kappa shape index (κ2) is 9.33. The third-order valence-electron chi connectivity index (χ3n) is 5.75. The summed E-state index contributed by atoms with van der Waals surface area (Å²) in [5.74, 6) is 1.01. The van der Waals surface area contributed by atoms with Crippen LogP contribution < -0.4 is 0 Å². The van der Waals surface area contributed by atoms with Gasteiger partial charge in [0.15, 0.2) is 12.6 Å². The monoisotopic (exact) mass is 338 g/mol. The molecule has 2 heterocycles. The second-order valence-corrected chi connectivity index (χ2v) is 7.62. The van der Waals surface area contributed by atoms with Crippen LogP contribution in [0.4, 0.5) is 0 Å². The number of allylic oxidation sites excluding steroid dienone is 1. The summed E-state index contributed by atoms with van der Waals surface area (Å²) in [4.78, 5) is 0. The van der Waals surface area contributed by atoms with Gasteiger partial charge in [-0.3, -0.25) is 0 Å². The molecule has 3 rings (SSSR count). The van der Waals surface area contributed by atoms with Crippen LogP contribution in [0.15, 0.2) is 12.2 Å². The summed E-state index contributed by atoms with van der Waals surface area (Å²) in [7, 11) is 0. The molecule has 2 saturated heterocycles. The quantitative estimate of drug-likeness (QED) is 0.533. The van der Waals surface area contributed by atoms with Crippen molar-refractivity contribution in [3.8, 4) is 0 Å². The molecule has 4 heteroatoms. The highest BCUT2D eigenvalue weighted by Gasteiger charge is 2.42. The molecule has 4 nitrogen and oxygen atoms in total. The number of hydrogen-bond acceptors (Lipinski definition) is 4. The predicted octanol–water partition coefficient (Wildman–Crippen LogP) is 4.17. The third kappa shape index (κ3) is 5.04. The number of aliphatic hydroxyl groups excluding tert-OH is 1. The molecule has 0 aromatic carbocycles. The lowest BCUT2D eigenvalue weighted by Crippen LogP contribution is -2.27. The van der Waals surface area contributed by atoms with Crippen molar-refractivity contribution in [1.29, 1.82) is 0 Å². The number of aliphatic hydroxyl groups is 1. The Balaban J connectivity index is 1.53. The van der Waals surface area contributed by atoms with Gasteiger partial charge in [0, 0.05) is 13.0 Å². The van der Waals surface area contributed by atoms with Gasteiger partial charge in [-0.1, -0.05) is 38.3 Å². The highest BCUT2D eigenvalue weighted by atomic mass is 16.7. The van der Waals surface area contributed by atoms with E-state index in [4.69, 9.17) is 14.2 Å². The first-order valence-corrected chi connectivity index (χ1v) is 10.0. The molecule has 138 valence electrons. The average molecular weight is 338 g/mol. The summed E-state index contributed by atoms with van der Waals surface area (Å²) >= 11 is 0. The fraction of sp³-hybridized carbons (Fsp3) is 0.900. The predicted molar refractivity (Wildman–Crippen MR) is 93.5 cm³/mol. The Bertz CT molecular complexity index is 391. The number of rotatable bonds is 8. The zero-order chi connectivity index (χ0) is 16.8. The van der Waals surface area contributed by atoms with Gasteiger partial charge in [0.2, 0.25) is 0 Å². The van der Waals surface area contributed by atoms with Crippen LogP contribution in [0.5, 0.6) is 0 Å². The lowest BCUT2D eigenvalue weighted by Gasteiger charge is -2.27. The summed E-state index contributed by atoms with van der Waals surface area (Å²) in [6, 6.07) is 0. The molecule has 2 aliphatic heterocycles. The van der Waals surface area contributed by atoms with Crippen LogP contribution >= 0.6 is 0 Å². The van der Waals surface area contributed by atoms with Crippen LogP contribution in [0.2, 0.25) is 0 Å². The van der Waals surface area contributed by atoms with Gasteiger partial charge < -0.3 is 19.3 Å². The summed E-state index contributed by atoms with van der Waals surface area (Å²) in [6.45, 7) is 3.07. The van der Waals surface area contributed by atoms with Crippen LogP contribution in [-0.2, 0) is 14.2 Å². The summed E-state index contributed by atoms with van der Waals surface area (Å²) < 4.78 is 17.6. The maximum Gasteiger partial charge on any atom is 0.158 e. The third-order valence-corrected chi connectivity index (χ3v) is 5.75. The van der Waals surface area contributed by atoms with Crippen LogP contribution in [0, 0.1) is 11.8 Å². The van der Waals surface area contributed by atoms with Crippen molar-refractivity contribution in [1.82, 2.24) is 0 Å². The average Bonchev–Trinajstić information content (AvgIpc) is 3.13. The topological polar surface area (TPSA) is 47.9 Å². The summed E-state index contributed by atoms with van der Waals surface area (Å²) in [6.07, 6.45) is 15.6. The molecule has 0 aromatic heterocycles. The zero-order valence-corrected chi connectivity index (χ0v) is 15.1. The van der Waals surface area contributed by atoms with Crippen molar-refractivity contribution >= 4 is 0 Å². The highest BCUT2D eigenvalue weighted by molar-refractivity contribution is 5.03. The van der Waals surface area contributed by atoms with E-state index in [9.17, 15) is 5.11 Å². The van der Waals surface area contributed by atoms with Crippen LogP contribution in [0.3, 0.4) is 0 Å². The number of hydrogen-bond donors (Lipinski definition) is 1. The maximum absolute atomic E-state index is 9.70. The van der Waals surface area contributed by atoms with Gasteiger partial charge in [0.25, 0.3) is 0 Å². The zero-order valence-electron chi connectivity index (χ0n) is 15.1. The molecule has 0 bridgehead atoms. The minimum absolute atomic E-state index is 0.0250. The van der Waals surface area contributed by atoms with E-state index in [1.54, 1.807) is 0 Å².